The van der Waals surface area contributed by atoms with Gasteiger partial charge >= 0.3 is 12.2 Å². The average molecular weight is 404 g/mol. The van der Waals surface area contributed by atoms with Gasteiger partial charge in [-0.2, -0.15) is 5.10 Å². The number of amidine groups is 1. The zero-order valence-electron chi connectivity index (χ0n) is 16.5. The Bertz CT molecular complexity index is 909. The second-order valence-corrected chi connectivity index (χ2v) is 7.25. The molecule has 0 saturated carbocycles. The van der Waals surface area contributed by atoms with Crippen LogP contribution in [0.3, 0.4) is 0 Å². The molecule has 0 radical (unpaired) electrons. The number of carbonyl (C=O) groups is 1. The fourth-order valence-electron chi connectivity index (χ4n) is 2.44. The lowest BCUT2D eigenvalue weighted by molar-refractivity contribution is 0.0123. The average Bonchev–Trinajstić information content (AvgIpc) is 3.00. The summed E-state index contributed by atoms with van der Waals surface area (Å²) in [4.78, 5) is 21.0. The molecule has 3 rings (SSSR count). The number of nitrogens with zero attached hydrogens (tertiary/aromatic N) is 6. The highest BCUT2D eigenvalue weighted by atomic mass is 19.1. The minimum atomic E-state index is -0.937. The van der Waals surface area contributed by atoms with Gasteiger partial charge in [-0.1, -0.05) is 10.3 Å². The number of carbonyl (C=O) groups excluding carboxylic acids is 1. The third-order valence-corrected chi connectivity index (χ3v) is 3.68. The summed E-state index contributed by atoms with van der Waals surface area (Å²) in [5, 5.41) is 17.6. The second-order valence-electron chi connectivity index (χ2n) is 7.25. The number of hydrazone groups is 1. The van der Waals surface area contributed by atoms with Crippen LogP contribution in [-0.4, -0.2) is 58.1 Å². The summed E-state index contributed by atoms with van der Waals surface area (Å²) in [7, 11) is 0. The fraction of sp³-hybridized carbons (Fsp3) is 0.444. The Morgan fingerprint density at radius 1 is 1.34 bits per heavy atom. The van der Waals surface area contributed by atoms with Crippen molar-refractivity contribution in [3.05, 3.63) is 29.8 Å². The first-order chi connectivity index (χ1) is 13.7. The number of pyridine rings is 1. The highest BCUT2D eigenvalue weighted by Gasteiger charge is 2.34. The van der Waals surface area contributed by atoms with Crippen LogP contribution >= 0.6 is 0 Å². The molecule has 0 aromatic carbocycles. The molecule has 1 aromatic rings. The van der Waals surface area contributed by atoms with Crippen LogP contribution in [0.1, 0.15) is 39.7 Å². The third kappa shape index (κ3) is 5.56. The number of hydrogen-bond acceptors (Lipinski definition) is 10. The van der Waals surface area contributed by atoms with Crippen molar-refractivity contribution in [3.63, 3.8) is 0 Å². The van der Waals surface area contributed by atoms with Crippen molar-refractivity contribution in [2.75, 3.05) is 6.54 Å². The van der Waals surface area contributed by atoms with Gasteiger partial charge < -0.3 is 14.3 Å². The fourth-order valence-corrected chi connectivity index (χ4v) is 2.44. The molecule has 0 N–H and O–H groups in total. The van der Waals surface area contributed by atoms with E-state index in [9.17, 15) is 9.18 Å². The largest absolute Gasteiger partial charge is 0.516 e. The molecular weight excluding hydrogens is 383 g/mol. The summed E-state index contributed by atoms with van der Waals surface area (Å²) in [5.41, 5.74) is 1.10. The van der Waals surface area contributed by atoms with Crippen LogP contribution in [0.2, 0.25) is 0 Å². The lowest BCUT2D eigenvalue weighted by Gasteiger charge is -2.22. The van der Waals surface area contributed by atoms with E-state index >= 15 is 0 Å². The lowest BCUT2D eigenvalue weighted by atomic mass is 10.00. The minimum absolute atomic E-state index is 0.116. The Morgan fingerprint density at radius 3 is 2.79 bits per heavy atom. The Kier molecular flexibility index (Phi) is 5.85. The predicted molar refractivity (Wildman–Crippen MR) is 103 cm³/mol. The van der Waals surface area contributed by atoms with Crippen LogP contribution in [0.25, 0.3) is 0 Å². The molecule has 0 amide bonds. The number of rotatable bonds is 4. The zero-order chi connectivity index (χ0) is 21.0. The van der Waals surface area contributed by atoms with E-state index in [1.54, 1.807) is 13.8 Å². The van der Waals surface area contributed by atoms with Crippen LogP contribution < -0.4 is 0 Å². The Hall–Kier alpha value is -3.37. The smallest absolute Gasteiger partial charge is 0.431 e. The van der Waals surface area contributed by atoms with Gasteiger partial charge in [-0.25, -0.2) is 14.2 Å². The maximum absolute atomic E-state index is 13.3. The maximum Gasteiger partial charge on any atom is 0.516 e. The third-order valence-electron chi connectivity index (χ3n) is 3.68. The molecule has 2 aliphatic rings. The molecule has 29 heavy (non-hydrogen) atoms. The summed E-state index contributed by atoms with van der Waals surface area (Å²) in [6.45, 7) is 7.30. The van der Waals surface area contributed by atoms with Gasteiger partial charge in [0.2, 0.25) is 0 Å². The molecule has 2 aliphatic heterocycles. The summed E-state index contributed by atoms with van der Waals surface area (Å²) >= 11 is 0. The number of ether oxygens (including phenoxy) is 2. The maximum atomic E-state index is 13.3. The summed E-state index contributed by atoms with van der Waals surface area (Å²) in [6, 6.07) is 1.08. The van der Waals surface area contributed by atoms with Gasteiger partial charge in [-0.15, -0.1) is 5.10 Å². The van der Waals surface area contributed by atoms with Crippen LogP contribution in [0.4, 0.5) is 9.18 Å². The van der Waals surface area contributed by atoms with Crippen molar-refractivity contribution < 1.29 is 23.5 Å². The van der Waals surface area contributed by atoms with Crippen molar-refractivity contribution in [2.24, 2.45) is 20.5 Å². The Labute approximate surface area is 166 Å². The first-order valence-electron chi connectivity index (χ1n) is 8.92. The molecule has 0 atom stereocenters. The van der Waals surface area contributed by atoms with Crippen molar-refractivity contribution in [3.8, 4) is 0 Å². The van der Waals surface area contributed by atoms with E-state index in [1.165, 1.54) is 23.5 Å². The quantitative estimate of drug-likeness (QED) is 0.564. The lowest BCUT2D eigenvalue weighted by Crippen LogP contribution is -2.40. The Balaban J connectivity index is 1.81. The first-order valence-corrected chi connectivity index (χ1v) is 8.92. The van der Waals surface area contributed by atoms with E-state index in [0.717, 1.165) is 6.20 Å². The van der Waals surface area contributed by atoms with Crippen molar-refractivity contribution >= 4 is 29.8 Å². The molecule has 11 heteroatoms. The van der Waals surface area contributed by atoms with Crippen molar-refractivity contribution in [2.45, 2.75) is 45.8 Å². The highest BCUT2D eigenvalue weighted by Crippen LogP contribution is 2.24. The molecular formula is C18H21FN6O4. The normalized spacial score (nSPS) is 18.3. The van der Waals surface area contributed by atoms with E-state index in [-0.39, 0.29) is 18.7 Å². The van der Waals surface area contributed by atoms with Gasteiger partial charge in [-0.3, -0.25) is 4.98 Å². The Morgan fingerprint density at radius 2 is 2.14 bits per heavy atom. The van der Waals surface area contributed by atoms with E-state index in [4.69, 9.17) is 14.3 Å². The minimum Gasteiger partial charge on any atom is -0.431 e. The molecule has 1 aromatic heterocycles. The van der Waals surface area contributed by atoms with Crippen LogP contribution in [0.5, 0.6) is 0 Å². The molecule has 10 nitrogen and oxygen atoms in total. The molecule has 0 bridgehead atoms. The number of oxime groups is 1. The van der Waals surface area contributed by atoms with Gasteiger partial charge in [0.05, 0.1) is 25.1 Å². The first kappa shape index (κ1) is 20.4. The van der Waals surface area contributed by atoms with Gasteiger partial charge in [0, 0.05) is 18.2 Å². The molecule has 0 unspecified atom stereocenters. The molecule has 3 heterocycles. The van der Waals surface area contributed by atoms with Crippen molar-refractivity contribution in [1.82, 2.24) is 9.99 Å². The zero-order valence-corrected chi connectivity index (χ0v) is 16.5. The van der Waals surface area contributed by atoms with Gasteiger partial charge in [0.1, 0.15) is 22.8 Å². The van der Waals surface area contributed by atoms with Gasteiger partial charge in [0.25, 0.3) is 0 Å². The molecule has 154 valence electrons. The highest BCUT2D eigenvalue weighted by molar-refractivity contribution is 6.44. The van der Waals surface area contributed by atoms with E-state index in [0.29, 0.717) is 23.4 Å². The molecule has 0 aliphatic carbocycles. The van der Waals surface area contributed by atoms with E-state index in [1.807, 2.05) is 13.8 Å². The topological polar surface area (TPSA) is 110 Å². The second kappa shape index (κ2) is 8.33. The summed E-state index contributed by atoms with van der Waals surface area (Å²) < 4.78 is 23.4. The van der Waals surface area contributed by atoms with E-state index in [2.05, 4.69) is 25.4 Å². The number of hydrogen-bond donors (Lipinski definition) is 0. The van der Waals surface area contributed by atoms with Crippen LogP contribution in [0.15, 0.2) is 38.9 Å². The number of aromatic nitrogens is 1. The monoisotopic (exact) mass is 404 g/mol. The van der Waals surface area contributed by atoms with Crippen LogP contribution in [-0.2, 0) is 14.3 Å². The van der Waals surface area contributed by atoms with E-state index < -0.39 is 17.6 Å². The molecule has 0 spiro atoms. The van der Waals surface area contributed by atoms with Gasteiger partial charge in [0.15, 0.2) is 0 Å². The SMILES string of the molecule is CC(C)OC(=O)OC1=NN=C(C2=NOC(C)(C)C2)CN1N=Cc1cncc(F)c1. The molecule has 0 saturated heterocycles. The molecule has 0 fully saturated rings. The van der Waals surface area contributed by atoms with Crippen LogP contribution in [0, 0.1) is 5.82 Å². The number of halogens is 1. The van der Waals surface area contributed by atoms with Gasteiger partial charge in [-0.05, 0) is 33.8 Å². The standard InChI is InChI=1S/C18H21FN6O4/c1-11(2)27-17(26)28-16-23-22-15(14-6-18(3,4)29-24-14)10-25(16)21-8-12-5-13(19)9-20-7-12/h5,7-9,11H,6,10H2,1-4H3. The predicted octanol–water partition coefficient (Wildman–Crippen LogP) is 2.70. The summed E-state index contributed by atoms with van der Waals surface area (Å²) in [6.07, 6.45) is 3.12. The summed E-state index contributed by atoms with van der Waals surface area (Å²) in [5.74, 6) is -0.500. The van der Waals surface area contributed by atoms with Crippen molar-refractivity contribution in [1.29, 1.82) is 0 Å².